The summed E-state index contributed by atoms with van der Waals surface area (Å²) >= 11 is 1.35. The Morgan fingerprint density at radius 3 is 3.05 bits per heavy atom. The summed E-state index contributed by atoms with van der Waals surface area (Å²) in [5, 5.41) is 11.6. The van der Waals surface area contributed by atoms with Crippen LogP contribution in [0, 0.1) is 11.8 Å². The molecule has 1 amide bonds. The predicted octanol–water partition coefficient (Wildman–Crippen LogP) is 2.37. The van der Waals surface area contributed by atoms with Crippen molar-refractivity contribution in [1.82, 2.24) is 10.3 Å². The summed E-state index contributed by atoms with van der Waals surface area (Å²) in [4.78, 5) is 17.7. The number of carbonyl (C=O) groups excluding carboxylic acids is 1. The molecule has 0 aliphatic rings. The second-order valence-corrected chi connectivity index (χ2v) is 5.50. The van der Waals surface area contributed by atoms with Gasteiger partial charge >= 0.3 is 0 Å². The second kappa shape index (κ2) is 7.58. The van der Waals surface area contributed by atoms with Gasteiger partial charge in [0.1, 0.15) is 0 Å². The predicted molar refractivity (Wildman–Crippen MR) is 83.0 cm³/mol. The monoisotopic (exact) mass is 300 g/mol. The minimum atomic E-state index is -0.119. The lowest BCUT2D eigenvalue weighted by molar-refractivity contribution is 0.0944. The van der Waals surface area contributed by atoms with Crippen LogP contribution in [-0.4, -0.2) is 22.6 Å². The highest BCUT2D eigenvalue weighted by atomic mass is 32.1. The Morgan fingerprint density at radius 2 is 2.33 bits per heavy atom. The van der Waals surface area contributed by atoms with Crippen LogP contribution in [0.25, 0.3) is 0 Å². The fourth-order valence-electron chi connectivity index (χ4n) is 1.72. The van der Waals surface area contributed by atoms with E-state index in [1.807, 2.05) is 25.1 Å². The molecule has 108 valence electrons. The zero-order valence-corrected chi connectivity index (χ0v) is 12.5. The molecule has 0 spiro atoms. The van der Waals surface area contributed by atoms with Crippen molar-refractivity contribution in [2.45, 2.75) is 19.4 Å². The number of thiophene rings is 1. The normalized spacial score (nSPS) is 11.3. The summed E-state index contributed by atoms with van der Waals surface area (Å²) in [5.74, 6) is 5.65. The van der Waals surface area contributed by atoms with Gasteiger partial charge in [-0.25, -0.2) is 0 Å². The number of aromatic nitrogens is 1. The molecule has 0 aliphatic heterocycles. The third-order valence-electron chi connectivity index (χ3n) is 2.81. The van der Waals surface area contributed by atoms with Crippen LogP contribution in [-0.2, 0) is 0 Å². The summed E-state index contributed by atoms with van der Waals surface area (Å²) in [6, 6.07) is 7.26. The number of hydrogen-bond acceptors (Lipinski definition) is 4. The molecule has 21 heavy (non-hydrogen) atoms. The summed E-state index contributed by atoms with van der Waals surface area (Å²) < 4.78 is 0. The van der Waals surface area contributed by atoms with Crippen molar-refractivity contribution in [3.63, 3.8) is 0 Å². The first kappa shape index (κ1) is 15.2. The molecule has 0 saturated heterocycles. The average Bonchev–Trinajstić information content (AvgIpc) is 2.97. The summed E-state index contributed by atoms with van der Waals surface area (Å²) in [7, 11) is 0. The zero-order valence-electron chi connectivity index (χ0n) is 11.7. The summed E-state index contributed by atoms with van der Waals surface area (Å²) in [5.41, 5.74) is 0.963. The van der Waals surface area contributed by atoms with E-state index in [-0.39, 0.29) is 18.6 Å². The Kier molecular flexibility index (Phi) is 5.50. The van der Waals surface area contributed by atoms with E-state index in [4.69, 9.17) is 5.11 Å². The third kappa shape index (κ3) is 4.42. The van der Waals surface area contributed by atoms with Crippen LogP contribution in [0.5, 0.6) is 0 Å². The summed E-state index contributed by atoms with van der Waals surface area (Å²) in [6.45, 7) is 1.97. The minimum Gasteiger partial charge on any atom is -0.395 e. The molecule has 2 aromatic heterocycles. The molecule has 0 aliphatic carbocycles. The van der Waals surface area contributed by atoms with Crippen molar-refractivity contribution >= 4 is 17.2 Å². The van der Waals surface area contributed by atoms with Gasteiger partial charge in [0, 0.05) is 18.8 Å². The Hall–Kier alpha value is -2.16. The number of pyridine rings is 1. The van der Waals surface area contributed by atoms with Gasteiger partial charge in [0.25, 0.3) is 5.91 Å². The third-order valence-corrected chi connectivity index (χ3v) is 3.81. The van der Waals surface area contributed by atoms with Gasteiger partial charge in [-0.2, -0.15) is 0 Å². The smallest absolute Gasteiger partial charge is 0.261 e. The van der Waals surface area contributed by atoms with Crippen LogP contribution >= 0.6 is 11.3 Å². The quantitative estimate of drug-likeness (QED) is 0.852. The first-order valence-electron chi connectivity index (χ1n) is 6.61. The van der Waals surface area contributed by atoms with Crippen molar-refractivity contribution in [1.29, 1.82) is 0 Å². The lowest BCUT2D eigenvalue weighted by Crippen LogP contribution is -2.25. The number of carbonyl (C=O) groups is 1. The molecule has 0 bridgehead atoms. The zero-order chi connectivity index (χ0) is 15.1. The molecular weight excluding hydrogens is 284 g/mol. The van der Waals surface area contributed by atoms with Crippen molar-refractivity contribution in [2.75, 3.05) is 6.61 Å². The first-order chi connectivity index (χ1) is 10.2. The van der Waals surface area contributed by atoms with Crippen LogP contribution in [0.1, 0.15) is 39.5 Å². The number of hydrogen-bond donors (Lipinski definition) is 2. The van der Waals surface area contributed by atoms with E-state index in [2.05, 4.69) is 22.1 Å². The lowest BCUT2D eigenvalue weighted by Gasteiger charge is -2.12. The van der Waals surface area contributed by atoms with Crippen LogP contribution in [0.15, 0.2) is 36.7 Å². The van der Waals surface area contributed by atoms with Crippen LogP contribution in [0.2, 0.25) is 0 Å². The van der Waals surface area contributed by atoms with Crippen molar-refractivity contribution in [3.05, 3.63) is 52.0 Å². The number of aliphatic hydroxyl groups excluding tert-OH is 1. The highest BCUT2D eigenvalue weighted by Crippen LogP contribution is 2.17. The molecule has 0 radical (unpaired) electrons. The number of nitrogens with zero attached hydrogens (tertiary/aromatic N) is 1. The molecule has 0 fully saturated rings. The van der Waals surface area contributed by atoms with Crippen molar-refractivity contribution in [3.8, 4) is 11.8 Å². The molecule has 2 aromatic rings. The molecule has 1 unspecified atom stereocenters. The first-order valence-corrected chi connectivity index (χ1v) is 7.42. The highest BCUT2D eigenvalue weighted by molar-refractivity contribution is 7.14. The molecule has 2 rings (SSSR count). The maximum atomic E-state index is 12.2. The topological polar surface area (TPSA) is 62.2 Å². The molecular formula is C16H16N2O2S. The number of rotatable bonds is 4. The van der Waals surface area contributed by atoms with Crippen LogP contribution < -0.4 is 5.32 Å². The van der Waals surface area contributed by atoms with Crippen molar-refractivity contribution in [2.24, 2.45) is 0 Å². The lowest BCUT2D eigenvalue weighted by atomic mass is 10.1. The number of amides is 1. The molecule has 2 N–H and O–H groups in total. The fraction of sp³-hybridized carbons (Fsp3) is 0.250. The van der Waals surface area contributed by atoms with Gasteiger partial charge in [0.15, 0.2) is 0 Å². The van der Waals surface area contributed by atoms with E-state index in [1.165, 1.54) is 11.3 Å². The standard InChI is InChI=1S/C16H16N2O2S/c1-12(13-5-4-9-17-11-13)18-16(20)15-8-7-14(21-15)6-2-3-10-19/h4-5,7-9,11-12,19H,3,10H2,1H3,(H,18,20). The molecule has 5 heteroatoms. The Bertz CT molecular complexity index is 656. The van der Waals surface area contributed by atoms with Crippen LogP contribution in [0.4, 0.5) is 0 Å². The van der Waals surface area contributed by atoms with Gasteiger partial charge in [-0.15, -0.1) is 11.3 Å². The van der Waals surface area contributed by atoms with Crippen LogP contribution in [0.3, 0.4) is 0 Å². The van der Waals surface area contributed by atoms with Crippen molar-refractivity contribution < 1.29 is 9.90 Å². The molecule has 0 saturated carbocycles. The van der Waals surface area contributed by atoms with Gasteiger partial charge in [0.05, 0.1) is 22.4 Å². The van der Waals surface area contributed by atoms with E-state index in [1.54, 1.807) is 18.5 Å². The molecule has 4 nitrogen and oxygen atoms in total. The second-order valence-electron chi connectivity index (χ2n) is 4.42. The van der Waals surface area contributed by atoms with Gasteiger partial charge in [0.2, 0.25) is 0 Å². The van der Waals surface area contributed by atoms with E-state index < -0.39 is 0 Å². The van der Waals surface area contributed by atoms with Gasteiger partial charge < -0.3 is 10.4 Å². The van der Waals surface area contributed by atoms with E-state index in [9.17, 15) is 4.79 Å². The highest BCUT2D eigenvalue weighted by Gasteiger charge is 2.13. The van der Waals surface area contributed by atoms with E-state index in [0.717, 1.165) is 10.4 Å². The Morgan fingerprint density at radius 1 is 1.48 bits per heavy atom. The van der Waals surface area contributed by atoms with Gasteiger partial charge in [-0.1, -0.05) is 17.9 Å². The largest absolute Gasteiger partial charge is 0.395 e. The van der Waals surface area contributed by atoms with Gasteiger partial charge in [-0.3, -0.25) is 9.78 Å². The van der Waals surface area contributed by atoms with Gasteiger partial charge in [-0.05, 0) is 30.7 Å². The SMILES string of the molecule is CC(NC(=O)c1ccc(C#CCCO)s1)c1cccnc1. The maximum Gasteiger partial charge on any atom is 0.261 e. The average molecular weight is 300 g/mol. The Labute approximate surface area is 127 Å². The Balaban J connectivity index is 1.99. The van der Waals surface area contributed by atoms with E-state index in [0.29, 0.717) is 11.3 Å². The molecule has 1 atom stereocenters. The van der Waals surface area contributed by atoms with E-state index >= 15 is 0 Å². The summed E-state index contributed by atoms with van der Waals surface area (Å²) in [6.07, 6.45) is 3.89. The maximum absolute atomic E-state index is 12.2. The molecule has 0 aromatic carbocycles. The number of nitrogens with one attached hydrogen (secondary N) is 1. The minimum absolute atomic E-state index is 0.0499. The molecule has 2 heterocycles. The number of aliphatic hydroxyl groups is 1. The fourth-order valence-corrected chi connectivity index (χ4v) is 2.50.